The third-order valence-corrected chi connectivity index (χ3v) is 9.64. The zero-order valence-corrected chi connectivity index (χ0v) is 31.1. The summed E-state index contributed by atoms with van der Waals surface area (Å²) in [6, 6.07) is 8.34. The lowest BCUT2D eigenvalue weighted by molar-refractivity contribution is 0.0604. The van der Waals surface area contributed by atoms with Gasteiger partial charge in [-0.2, -0.15) is 0 Å². The average molecular weight is 631 g/mol. The highest BCUT2D eigenvalue weighted by Crippen LogP contribution is 2.47. The molecule has 0 aromatic heterocycles. The number of nitrogens with zero attached hydrogens (tertiary/aromatic N) is 2. The van der Waals surface area contributed by atoms with E-state index in [0.717, 1.165) is 47.3 Å². The van der Waals surface area contributed by atoms with E-state index in [1.165, 1.54) is 88.3 Å². The van der Waals surface area contributed by atoms with Crippen LogP contribution in [0.5, 0.6) is 0 Å². The summed E-state index contributed by atoms with van der Waals surface area (Å²) in [6.07, 6.45) is 19.9. The minimum absolute atomic E-state index is 0.606. The van der Waals surface area contributed by atoms with Crippen molar-refractivity contribution in [1.82, 2.24) is 4.90 Å². The standard InChI is InChI=1S/C18H33N.C17H18N2.C4H10.C2H4.CH5N/c1-5-6-17-7-9-18(10-8-17)11-13-19(14-12-18)16(4)15(2)3;1-3-19-15-10-6-4-8-13(15)12(2)17(18)14-9-5-7-11-16(14)19;1-4(2)3;2*1-2/h15,17H,4-14H2,1-3H3;3-4,6-8,10-11H,1,5,9,18H2,2H3;4H,1-3H3;1-2H2;2H2,1H3. The molecule has 4 N–H and O–H groups in total. The summed E-state index contributed by atoms with van der Waals surface area (Å²) >= 11 is 0. The first-order valence-corrected chi connectivity index (χ1v) is 17.9. The van der Waals surface area contributed by atoms with Gasteiger partial charge < -0.3 is 21.3 Å². The van der Waals surface area contributed by atoms with Crippen LogP contribution in [-0.2, 0) is 0 Å². The van der Waals surface area contributed by atoms with Crippen LogP contribution in [0.15, 0.2) is 91.6 Å². The van der Waals surface area contributed by atoms with Crippen molar-refractivity contribution in [2.45, 2.75) is 113 Å². The number of anilines is 1. The van der Waals surface area contributed by atoms with Gasteiger partial charge in [0.2, 0.25) is 0 Å². The van der Waals surface area contributed by atoms with Gasteiger partial charge in [-0.05, 0) is 112 Å². The Bertz CT molecular complexity index is 1150. The predicted octanol–water partition coefficient (Wildman–Crippen LogP) is 11.2. The molecule has 2 aliphatic carbocycles. The molecule has 46 heavy (non-hydrogen) atoms. The molecule has 0 unspecified atom stereocenters. The Balaban J connectivity index is 0.000000376. The van der Waals surface area contributed by atoms with Gasteiger partial charge in [0.25, 0.3) is 0 Å². The molecule has 0 atom stereocenters. The molecule has 4 nitrogen and oxygen atoms in total. The topological polar surface area (TPSA) is 58.5 Å². The number of hydrogen-bond donors (Lipinski definition) is 2. The minimum Gasteiger partial charge on any atom is -0.398 e. The van der Waals surface area contributed by atoms with Crippen molar-refractivity contribution in [2.75, 3.05) is 25.0 Å². The molecule has 4 aliphatic rings. The highest BCUT2D eigenvalue weighted by atomic mass is 15.1. The third-order valence-electron chi connectivity index (χ3n) is 9.64. The van der Waals surface area contributed by atoms with Crippen LogP contribution >= 0.6 is 0 Å². The Labute approximate surface area is 285 Å². The summed E-state index contributed by atoms with van der Waals surface area (Å²) in [4.78, 5) is 4.69. The Morgan fingerprint density at radius 1 is 1.00 bits per heavy atom. The van der Waals surface area contributed by atoms with Gasteiger partial charge in [0.1, 0.15) is 0 Å². The molecule has 2 aliphatic heterocycles. The van der Waals surface area contributed by atoms with E-state index in [1.807, 2.05) is 6.20 Å². The summed E-state index contributed by atoms with van der Waals surface area (Å²) < 4.78 is 0. The molecule has 0 radical (unpaired) electrons. The molecule has 4 heteroatoms. The molecule has 1 saturated carbocycles. The molecule has 2 heterocycles. The zero-order valence-electron chi connectivity index (χ0n) is 31.1. The summed E-state index contributed by atoms with van der Waals surface area (Å²) in [5.41, 5.74) is 19.7. The Morgan fingerprint density at radius 3 is 2.09 bits per heavy atom. The zero-order chi connectivity index (χ0) is 34.9. The smallest absolute Gasteiger partial charge is 0.0531 e. The second kappa shape index (κ2) is 21.0. The fourth-order valence-electron chi connectivity index (χ4n) is 6.97. The van der Waals surface area contributed by atoms with Crippen LogP contribution in [0.1, 0.15) is 118 Å². The second-order valence-electron chi connectivity index (χ2n) is 14.0. The Kier molecular flexibility index (Phi) is 18.7. The monoisotopic (exact) mass is 631 g/mol. The van der Waals surface area contributed by atoms with Crippen molar-refractivity contribution in [2.24, 2.45) is 34.6 Å². The number of fused-ring (bicyclic) bond motifs is 1. The van der Waals surface area contributed by atoms with E-state index >= 15 is 0 Å². The number of nitrogens with two attached hydrogens (primary N) is 2. The average Bonchev–Trinajstić information content (AvgIpc) is 3.16. The predicted molar refractivity (Wildman–Crippen MR) is 207 cm³/mol. The van der Waals surface area contributed by atoms with Gasteiger partial charge in [0.15, 0.2) is 0 Å². The normalized spacial score (nSPS) is 18.4. The van der Waals surface area contributed by atoms with Crippen molar-refractivity contribution < 1.29 is 0 Å². The summed E-state index contributed by atoms with van der Waals surface area (Å²) in [6.45, 7) is 32.2. The fourth-order valence-corrected chi connectivity index (χ4v) is 6.97. The van der Waals surface area contributed by atoms with Gasteiger partial charge in [-0.15, -0.1) is 13.2 Å². The largest absolute Gasteiger partial charge is 0.398 e. The second-order valence-corrected chi connectivity index (χ2v) is 14.0. The van der Waals surface area contributed by atoms with E-state index in [9.17, 15) is 0 Å². The van der Waals surface area contributed by atoms with Gasteiger partial charge in [0, 0.05) is 36.2 Å². The molecule has 0 amide bonds. The van der Waals surface area contributed by atoms with Gasteiger partial charge in [0.05, 0.1) is 11.4 Å². The van der Waals surface area contributed by atoms with E-state index in [2.05, 4.69) is 127 Å². The van der Waals surface area contributed by atoms with Crippen molar-refractivity contribution in [3.63, 3.8) is 0 Å². The van der Waals surface area contributed by atoms with Crippen LogP contribution in [0.2, 0.25) is 0 Å². The molecule has 0 bridgehead atoms. The molecule has 5 rings (SSSR count). The Hall–Kier alpha value is -2.98. The summed E-state index contributed by atoms with van der Waals surface area (Å²) in [5.74, 6) is 2.48. The van der Waals surface area contributed by atoms with E-state index in [4.69, 9.17) is 5.73 Å². The third kappa shape index (κ3) is 11.4. The van der Waals surface area contributed by atoms with Crippen LogP contribution in [0.3, 0.4) is 0 Å². The van der Waals surface area contributed by atoms with Crippen molar-refractivity contribution in [1.29, 1.82) is 0 Å². The lowest BCUT2D eigenvalue weighted by Crippen LogP contribution is -2.42. The first kappa shape index (κ1) is 41.0. The summed E-state index contributed by atoms with van der Waals surface area (Å²) in [5, 5.41) is 0. The number of para-hydroxylation sites is 1. The molecule has 1 spiro atoms. The number of allylic oxidation sites excluding steroid dienone is 5. The lowest BCUT2D eigenvalue weighted by Gasteiger charge is -2.47. The van der Waals surface area contributed by atoms with Crippen LogP contribution in [0.25, 0.3) is 5.57 Å². The first-order valence-electron chi connectivity index (χ1n) is 17.9. The van der Waals surface area contributed by atoms with E-state index in [-0.39, 0.29) is 0 Å². The fraction of sp³-hybridized carbons (Fsp3) is 0.571. The minimum atomic E-state index is 0.606. The maximum atomic E-state index is 6.39. The lowest BCUT2D eigenvalue weighted by atomic mass is 9.65. The molecule has 258 valence electrons. The van der Waals surface area contributed by atoms with E-state index in [1.54, 1.807) is 0 Å². The quantitative estimate of drug-likeness (QED) is 0.318. The maximum absolute atomic E-state index is 6.39. The van der Waals surface area contributed by atoms with Crippen LogP contribution in [0, 0.1) is 23.2 Å². The van der Waals surface area contributed by atoms with Gasteiger partial charge in [-0.25, -0.2) is 0 Å². The van der Waals surface area contributed by atoms with Crippen LogP contribution in [-0.4, -0.2) is 25.0 Å². The van der Waals surface area contributed by atoms with Crippen molar-refractivity contribution >= 4 is 11.3 Å². The molecule has 1 aromatic carbocycles. The van der Waals surface area contributed by atoms with Crippen molar-refractivity contribution in [3.05, 3.63) is 97.2 Å². The Morgan fingerprint density at radius 2 is 1.57 bits per heavy atom. The van der Waals surface area contributed by atoms with Crippen LogP contribution < -0.4 is 16.4 Å². The molecule has 2 fully saturated rings. The maximum Gasteiger partial charge on any atom is 0.0531 e. The van der Waals surface area contributed by atoms with Crippen LogP contribution in [0.4, 0.5) is 5.69 Å². The number of rotatable bonds is 5. The summed E-state index contributed by atoms with van der Waals surface area (Å²) in [7, 11) is 1.50. The highest BCUT2D eigenvalue weighted by Gasteiger charge is 2.38. The highest BCUT2D eigenvalue weighted by molar-refractivity contribution is 5.84. The SMILES string of the molecule is C=C.C=C(C(C)C)N1CCC2(CCC(CCC)CC2)CC1.C=CN1C2=C(CCC=C2)C(N)=C(C)c2ccccc21.CC(C)C.CN. The number of likely N-dealkylation sites (tertiary alicyclic amines) is 1. The number of piperidine rings is 1. The number of hydrogen-bond acceptors (Lipinski definition) is 4. The molecule has 1 saturated heterocycles. The molecule has 1 aromatic rings. The number of benzene rings is 1. The first-order chi connectivity index (χ1) is 22.0. The molecular formula is C42H70N4. The molecular weight excluding hydrogens is 560 g/mol. The van der Waals surface area contributed by atoms with Crippen molar-refractivity contribution in [3.8, 4) is 0 Å². The van der Waals surface area contributed by atoms with Gasteiger partial charge >= 0.3 is 0 Å². The van der Waals surface area contributed by atoms with Gasteiger partial charge in [-0.3, -0.25) is 0 Å². The van der Waals surface area contributed by atoms with E-state index < -0.39 is 0 Å². The van der Waals surface area contributed by atoms with Gasteiger partial charge in [-0.1, -0.05) is 91.8 Å². The van der Waals surface area contributed by atoms with E-state index in [0.29, 0.717) is 11.3 Å².